The molecule has 0 fully saturated rings. The van der Waals surface area contributed by atoms with Crippen molar-refractivity contribution in [2.24, 2.45) is 0 Å². The minimum Gasteiger partial charge on any atom is -0.389 e. The van der Waals surface area contributed by atoms with E-state index in [-0.39, 0.29) is 0 Å². The topological polar surface area (TPSA) is 20.2 Å². The number of rotatable bonds is 2. The third-order valence-electron chi connectivity index (χ3n) is 2.55. The van der Waals surface area contributed by atoms with Gasteiger partial charge in [0, 0.05) is 5.02 Å². The third kappa shape index (κ3) is 2.26. The van der Waals surface area contributed by atoms with E-state index in [2.05, 4.69) is 0 Å². The first-order chi connectivity index (χ1) is 7.68. The molecule has 0 amide bonds. The van der Waals surface area contributed by atoms with Crippen molar-refractivity contribution in [2.45, 2.75) is 13.0 Å². The Balaban J connectivity index is 2.57. The largest absolute Gasteiger partial charge is 0.389 e. The van der Waals surface area contributed by atoms with E-state index in [0.29, 0.717) is 5.02 Å². The number of aliphatic hydroxyl groups is 1. The van der Waals surface area contributed by atoms with Crippen molar-refractivity contribution in [2.75, 3.05) is 0 Å². The molecule has 0 aliphatic carbocycles. The van der Waals surface area contributed by atoms with E-state index in [1.807, 2.05) is 48.5 Å². The zero-order valence-electron chi connectivity index (χ0n) is 9.02. The lowest BCUT2D eigenvalue weighted by Crippen LogP contribution is -1.94. The lowest BCUT2D eigenvalue weighted by atomic mass is 9.97. The maximum absolute atomic E-state index is 9.73. The van der Waals surface area contributed by atoms with E-state index in [0.717, 1.165) is 16.7 Å². The van der Waals surface area contributed by atoms with E-state index in [4.69, 9.17) is 11.6 Å². The Labute approximate surface area is 100 Å². The van der Waals surface area contributed by atoms with Crippen molar-refractivity contribution in [3.8, 4) is 11.1 Å². The van der Waals surface area contributed by atoms with Gasteiger partial charge in [-0.3, -0.25) is 0 Å². The predicted molar refractivity (Wildman–Crippen MR) is 67.5 cm³/mol. The lowest BCUT2D eigenvalue weighted by Gasteiger charge is -2.12. The van der Waals surface area contributed by atoms with E-state index in [9.17, 15) is 5.11 Å². The Bertz CT molecular complexity index is 477. The highest BCUT2D eigenvalue weighted by Crippen LogP contribution is 2.30. The van der Waals surface area contributed by atoms with Crippen molar-refractivity contribution in [3.05, 3.63) is 59.1 Å². The van der Waals surface area contributed by atoms with Crippen LogP contribution in [0.25, 0.3) is 11.1 Å². The van der Waals surface area contributed by atoms with Crippen LogP contribution in [0.4, 0.5) is 0 Å². The highest BCUT2D eigenvalue weighted by Gasteiger charge is 2.09. The molecule has 2 heteroatoms. The van der Waals surface area contributed by atoms with Crippen molar-refractivity contribution in [3.63, 3.8) is 0 Å². The second kappa shape index (κ2) is 4.69. The Kier molecular flexibility index (Phi) is 3.28. The molecule has 82 valence electrons. The summed E-state index contributed by atoms with van der Waals surface area (Å²) >= 11 is 5.94. The molecule has 0 aliphatic heterocycles. The van der Waals surface area contributed by atoms with Gasteiger partial charge in [0.1, 0.15) is 0 Å². The first-order valence-corrected chi connectivity index (χ1v) is 5.59. The molecule has 1 nitrogen and oxygen atoms in total. The molecule has 0 heterocycles. The zero-order chi connectivity index (χ0) is 11.5. The van der Waals surface area contributed by atoms with E-state index in [1.54, 1.807) is 6.92 Å². The molecule has 0 aliphatic rings. The highest BCUT2D eigenvalue weighted by molar-refractivity contribution is 6.30. The monoisotopic (exact) mass is 232 g/mol. The van der Waals surface area contributed by atoms with Gasteiger partial charge in [0.05, 0.1) is 6.10 Å². The molecule has 0 radical (unpaired) electrons. The summed E-state index contributed by atoms with van der Waals surface area (Å²) in [7, 11) is 0. The van der Waals surface area contributed by atoms with Crippen LogP contribution in [0.1, 0.15) is 18.6 Å². The molecule has 2 aromatic rings. The van der Waals surface area contributed by atoms with Gasteiger partial charge in [0.25, 0.3) is 0 Å². The zero-order valence-corrected chi connectivity index (χ0v) is 9.78. The number of aliphatic hydroxyl groups excluding tert-OH is 1. The van der Waals surface area contributed by atoms with Crippen LogP contribution in [0.15, 0.2) is 48.5 Å². The van der Waals surface area contributed by atoms with Gasteiger partial charge in [-0.2, -0.15) is 0 Å². The molecule has 1 atom stereocenters. The van der Waals surface area contributed by atoms with Crippen molar-refractivity contribution in [1.82, 2.24) is 0 Å². The van der Waals surface area contributed by atoms with Gasteiger partial charge in [0.15, 0.2) is 0 Å². The summed E-state index contributed by atoms with van der Waals surface area (Å²) in [5, 5.41) is 10.4. The van der Waals surface area contributed by atoms with Gasteiger partial charge >= 0.3 is 0 Å². The molecule has 0 bridgehead atoms. The fraction of sp³-hybridized carbons (Fsp3) is 0.143. The molecule has 0 spiro atoms. The molecule has 16 heavy (non-hydrogen) atoms. The predicted octanol–water partition coefficient (Wildman–Crippen LogP) is 4.06. The minimum atomic E-state index is -0.520. The van der Waals surface area contributed by atoms with Gasteiger partial charge in [-0.15, -0.1) is 0 Å². The van der Waals surface area contributed by atoms with Crippen LogP contribution < -0.4 is 0 Å². The van der Waals surface area contributed by atoms with Gasteiger partial charge < -0.3 is 5.11 Å². The van der Waals surface area contributed by atoms with Crippen molar-refractivity contribution in [1.29, 1.82) is 0 Å². The van der Waals surface area contributed by atoms with Gasteiger partial charge in [0.2, 0.25) is 0 Å². The minimum absolute atomic E-state index is 0.520. The molecule has 0 saturated carbocycles. The lowest BCUT2D eigenvalue weighted by molar-refractivity contribution is 0.200. The molecular formula is C14H13ClO. The standard InChI is InChI=1S/C14H13ClO/c1-10(16)14-9-12(15)7-8-13(14)11-5-3-2-4-6-11/h2-10,16H,1H3. The fourth-order valence-corrected chi connectivity index (χ4v) is 1.94. The summed E-state index contributed by atoms with van der Waals surface area (Å²) in [5.74, 6) is 0. The quantitative estimate of drug-likeness (QED) is 0.828. The number of hydrogen-bond donors (Lipinski definition) is 1. The maximum atomic E-state index is 9.73. The highest BCUT2D eigenvalue weighted by atomic mass is 35.5. The molecule has 1 unspecified atom stereocenters. The van der Waals surface area contributed by atoms with E-state index >= 15 is 0 Å². The third-order valence-corrected chi connectivity index (χ3v) is 2.78. The smallest absolute Gasteiger partial charge is 0.0768 e. The first kappa shape index (κ1) is 11.2. The van der Waals surface area contributed by atoms with Gasteiger partial charge in [-0.05, 0) is 35.7 Å². The summed E-state index contributed by atoms with van der Waals surface area (Å²) < 4.78 is 0. The average Bonchev–Trinajstić information content (AvgIpc) is 2.30. The number of benzene rings is 2. The first-order valence-electron chi connectivity index (χ1n) is 5.21. The van der Waals surface area contributed by atoms with Gasteiger partial charge in [-0.1, -0.05) is 48.0 Å². The summed E-state index contributed by atoms with van der Waals surface area (Å²) in [6.45, 7) is 1.75. The van der Waals surface area contributed by atoms with E-state index in [1.165, 1.54) is 0 Å². The molecule has 0 saturated heterocycles. The van der Waals surface area contributed by atoms with Crippen LogP contribution in [-0.2, 0) is 0 Å². The average molecular weight is 233 g/mol. The van der Waals surface area contributed by atoms with Crippen molar-refractivity contribution < 1.29 is 5.11 Å². The number of halogens is 1. The summed E-state index contributed by atoms with van der Waals surface area (Å²) in [4.78, 5) is 0. The summed E-state index contributed by atoms with van der Waals surface area (Å²) in [6.07, 6.45) is -0.520. The van der Waals surface area contributed by atoms with Crippen LogP contribution >= 0.6 is 11.6 Å². The van der Waals surface area contributed by atoms with Crippen molar-refractivity contribution >= 4 is 11.6 Å². The fourth-order valence-electron chi connectivity index (χ4n) is 1.76. The van der Waals surface area contributed by atoms with Crippen LogP contribution in [0.3, 0.4) is 0 Å². The molecule has 2 aromatic carbocycles. The van der Waals surface area contributed by atoms with Gasteiger partial charge in [-0.25, -0.2) is 0 Å². The van der Waals surface area contributed by atoms with Crippen LogP contribution in [0, 0.1) is 0 Å². The number of hydrogen-bond acceptors (Lipinski definition) is 1. The molecule has 1 N–H and O–H groups in total. The Hall–Kier alpha value is -1.31. The normalized spacial score (nSPS) is 12.4. The van der Waals surface area contributed by atoms with E-state index < -0.39 is 6.10 Å². The summed E-state index contributed by atoms with van der Waals surface area (Å²) in [5.41, 5.74) is 2.98. The van der Waals surface area contributed by atoms with Crippen LogP contribution in [-0.4, -0.2) is 5.11 Å². The summed E-state index contributed by atoms with van der Waals surface area (Å²) in [6, 6.07) is 15.6. The van der Waals surface area contributed by atoms with Crippen LogP contribution in [0.2, 0.25) is 5.02 Å². The Morgan fingerprint density at radius 2 is 1.75 bits per heavy atom. The Morgan fingerprint density at radius 3 is 2.38 bits per heavy atom. The molecular weight excluding hydrogens is 220 g/mol. The van der Waals surface area contributed by atoms with Crippen LogP contribution in [0.5, 0.6) is 0 Å². The second-order valence-corrected chi connectivity index (χ2v) is 4.21. The molecule has 0 aromatic heterocycles. The second-order valence-electron chi connectivity index (χ2n) is 3.77. The maximum Gasteiger partial charge on any atom is 0.0768 e. The SMILES string of the molecule is CC(O)c1cc(Cl)ccc1-c1ccccc1. The molecule has 2 rings (SSSR count). The Morgan fingerprint density at radius 1 is 1.06 bits per heavy atom.